The van der Waals surface area contributed by atoms with Crippen LogP contribution in [-0.2, 0) is 4.74 Å². The molecule has 3 rings (SSSR count). The summed E-state index contributed by atoms with van der Waals surface area (Å²) < 4.78 is 12.2. The molecule has 2 heterocycles. The van der Waals surface area contributed by atoms with Gasteiger partial charge < -0.3 is 9.47 Å². The minimum atomic E-state index is -0.101. The van der Waals surface area contributed by atoms with Crippen LogP contribution in [0.1, 0.15) is 17.3 Å². The lowest BCUT2D eigenvalue weighted by Gasteiger charge is -2.07. The van der Waals surface area contributed by atoms with Crippen LogP contribution in [0, 0.1) is 6.92 Å². The number of hydrogen-bond acceptors (Lipinski definition) is 4. The molecule has 0 amide bonds. The molecular weight excluding hydrogens is 232 g/mol. The van der Waals surface area contributed by atoms with Gasteiger partial charge in [-0.1, -0.05) is 6.07 Å². The zero-order valence-corrected chi connectivity index (χ0v) is 10.3. The van der Waals surface area contributed by atoms with Crippen LogP contribution in [0.4, 0.5) is 0 Å². The molecule has 0 radical (unpaired) electrons. The van der Waals surface area contributed by atoms with Crippen molar-refractivity contribution in [3.63, 3.8) is 0 Å². The van der Waals surface area contributed by atoms with Crippen molar-refractivity contribution < 1.29 is 14.3 Å². The molecule has 1 saturated heterocycles. The average Bonchev–Trinajstić information content (AvgIpc) is 3.04. The number of hydrogen-bond donors (Lipinski definition) is 0. The molecule has 0 aliphatic carbocycles. The first-order chi connectivity index (χ1) is 8.66. The normalized spacial score (nSPS) is 18.0. The Balaban J connectivity index is 2.04. The van der Waals surface area contributed by atoms with Crippen LogP contribution in [0.2, 0.25) is 0 Å². The number of aromatic nitrogens is 2. The number of rotatable bonds is 3. The first-order valence-corrected chi connectivity index (χ1v) is 5.89. The molecule has 1 aliphatic heterocycles. The largest absolute Gasteiger partial charge is 0.490 e. The minimum Gasteiger partial charge on any atom is -0.490 e. The highest BCUT2D eigenvalue weighted by Gasteiger charge is 2.23. The lowest BCUT2D eigenvalue weighted by atomic mass is 10.1. The molecule has 1 fully saturated rings. The number of ether oxygens (including phenoxy) is 2. The molecular formula is C13H14N2O3. The summed E-state index contributed by atoms with van der Waals surface area (Å²) in [4.78, 5) is 11.5. The van der Waals surface area contributed by atoms with Gasteiger partial charge in [0.2, 0.25) is 5.91 Å². The van der Waals surface area contributed by atoms with Crippen LogP contribution in [0.25, 0.3) is 10.9 Å². The van der Waals surface area contributed by atoms with Crippen molar-refractivity contribution in [1.29, 1.82) is 0 Å². The van der Waals surface area contributed by atoms with Gasteiger partial charge in [-0.25, -0.2) is 0 Å². The molecule has 2 aromatic rings. The third-order valence-electron chi connectivity index (χ3n) is 3.02. The van der Waals surface area contributed by atoms with E-state index in [2.05, 4.69) is 5.10 Å². The van der Waals surface area contributed by atoms with E-state index >= 15 is 0 Å². The smallest absolute Gasteiger partial charge is 0.244 e. The van der Waals surface area contributed by atoms with E-state index in [0.717, 1.165) is 28.8 Å². The molecule has 1 aromatic carbocycles. The summed E-state index contributed by atoms with van der Waals surface area (Å²) in [6.07, 6.45) is 1.89. The summed E-state index contributed by atoms with van der Waals surface area (Å²) in [6, 6.07) is 3.85. The summed E-state index contributed by atoms with van der Waals surface area (Å²) in [6.45, 7) is 4.76. The maximum atomic E-state index is 11.5. The second-order valence-corrected chi connectivity index (χ2v) is 4.48. The van der Waals surface area contributed by atoms with Crippen LogP contribution < -0.4 is 4.74 Å². The van der Waals surface area contributed by atoms with E-state index in [1.807, 2.05) is 19.1 Å². The number of epoxide rings is 1. The van der Waals surface area contributed by atoms with Crippen molar-refractivity contribution in [2.24, 2.45) is 0 Å². The first-order valence-electron chi connectivity index (χ1n) is 5.89. The van der Waals surface area contributed by atoms with Crippen LogP contribution in [0.5, 0.6) is 5.75 Å². The number of benzene rings is 1. The second kappa shape index (κ2) is 4.10. The predicted octanol–water partition coefficient (Wildman–Crippen LogP) is 1.78. The van der Waals surface area contributed by atoms with Crippen molar-refractivity contribution in [3.05, 3.63) is 23.9 Å². The Kier molecular flexibility index (Phi) is 2.56. The molecule has 1 unspecified atom stereocenters. The van der Waals surface area contributed by atoms with Gasteiger partial charge in [0.25, 0.3) is 0 Å². The zero-order valence-electron chi connectivity index (χ0n) is 10.3. The van der Waals surface area contributed by atoms with E-state index in [1.165, 1.54) is 11.6 Å². The molecule has 18 heavy (non-hydrogen) atoms. The third-order valence-corrected chi connectivity index (χ3v) is 3.02. The van der Waals surface area contributed by atoms with Gasteiger partial charge in [-0.15, -0.1) is 0 Å². The molecule has 5 heteroatoms. The fourth-order valence-electron chi connectivity index (χ4n) is 1.99. The first kappa shape index (κ1) is 11.2. The number of carbonyl (C=O) groups is 1. The Bertz CT molecular complexity index is 614. The van der Waals surface area contributed by atoms with Crippen LogP contribution in [0.15, 0.2) is 18.3 Å². The van der Waals surface area contributed by atoms with Gasteiger partial charge in [-0.05, 0) is 18.6 Å². The van der Waals surface area contributed by atoms with E-state index < -0.39 is 0 Å². The molecule has 94 valence electrons. The molecule has 1 aromatic heterocycles. The van der Waals surface area contributed by atoms with Gasteiger partial charge in [-0.3, -0.25) is 4.79 Å². The molecule has 0 spiro atoms. The van der Waals surface area contributed by atoms with Crippen molar-refractivity contribution in [1.82, 2.24) is 9.78 Å². The number of aryl methyl sites for hydroxylation is 1. The van der Waals surface area contributed by atoms with Gasteiger partial charge in [0.15, 0.2) is 0 Å². The van der Waals surface area contributed by atoms with Gasteiger partial charge in [0, 0.05) is 6.92 Å². The quantitative estimate of drug-likeness (QED) is 0.775. The number of nitrogens with zero attached hydrogens (tertiary/aromatic N) is 2. The summed E-state index contributed by atoms with van der Waals surface area (Å²) in [5.41, 5.74) is 1.82. The summed E-state index contributed by atoms with van der Waals surface area (Å²) >= 11 is 0. The van der Waals surface area contributed by atoms with Crippen molar-refractivity contribution >= 4 is 16.8 Å². The third kappa shape index (κ3) is 1.86. The predicted molar refractivity (Wildman–Crippen MR) is 66.0 cm³/mol. The van der Waals surface area contributed by atoms with Crippen molar-refractivity contribution in [3.8, 4) is 5.75 Å². The maximum absolute atomic E-state index is 11.5. The number of fused-ring (bicyclic) bond motifs is 1. The SMILES string of the molecule is CC(=O)n1ncc2c(OCC3CO3)ccc(C)c21. The number of carbonyl (C=O) groups excluding carboxylic acids is 1. The highest BCUT2D eigenvalue weighted by Crippen LogP contribution is 2.29. The Labute approximate surface area is 104 Å². The van der Waals surface area contributed by atoms with E-state index in [4.69, 9.17) is 9.47 Å². The Hall–Kier alpha value is -1.88. The monoisotopic (exact) mass is 246 g/mol. The van der Waals surface area contributed by atoms with Gasteiger partial charge >= 0.3 is 0 Å². The molecule has 1 aliphatic rings. The maximum Gasteiger partial charge on any atom is 0.244 e. The summed E-state index contributed by atoms with van der Waals surface area (Å²) in [5, 5.41) is 4.98. The van der Waals surface area contributed by atoms with Crippen molar-refractivity contribution in [2.75, 3.05) is 13.2 Å². The van der Waals surface area contributed by atoms with E-state index in [1.54, 1.807) is 6.20 Å². The molecule has 5 nitrogen and oxygen atoms in total. The van der Waals surface area contributed by atoms with E-state index in [-0.39, 0.29) is 12.0 Å². The summed E-state index contributed by atoms with van der Waals surface area (Å²) in [5.74, 6) is 0.648. The van der Waals surface area contributed by atoms with E-state index in [0.29, 0.717) is 6.61 Å². The molecule has 0 bridgehead atoms. The lowest BCUT2D eigenvalue weighted by Crippen LogP contribution is -2.08. The molecule has 0 saturated carbocycles. The van der Waals surface area contributed by atoms with Gasteiger partial charge in [-0.2, -0.15) is 9.78 Å². The van der Waals surface area contributed by atoms with Crippen molar-refractivity contribution in [2.45, 2.75) is 20.0 Å². The lowest BCUT2D eigenvalue weighted by molar-refractivity contribution is 0.0926. The van der Waals surface area contributed by atoms with Gasteiger partial charge in [0.05, 0.1) is 23.7 Å². The fourth-order valence-corrected chi connectivity index (χ4v) is 1.99. The standard InChI is InChI=1S/C13H14N2O3/c1-8-3-4-12(18-7-10-6-17-10)11-5-14-15(9(2)16)13(8)11/h3-5,10H,6-7H2,1-2H3. The van der Waals surface area contributed by atoms with Crippen LogP contribution in [-0.4, -0.2) is 35.0 Å². The van der Waals surface area contributed by atoms with Gasteiger partial charge in [0.1, 0.15) is 18.5 Å². The Morgan fingerprint density at radius 2 is 2.39 bits per heavy atom. The Morgan fingerprint density at radius 1 is 1.61 bits per heavy atom. The van der Waals surface area contributed by atoms with Crippen LogP contribution in [0.3, 0.4) is 0 Å². The Morgan fingerprint density at radius 3 is 3.06 bits per heavy atom. The molecule has 1 atom stereocenters. The highest BCUT2D eigenvalue weighted by molar-refractivity contribution is 5.94. The second-order valence-electron chi connectivity index (χ2n) is 4.48. The zero-order chi connectivity index (χ0) is 12.7. The van der Waals surface area contributed by atoms with Crippen LogP contribution >= 0.6 is 0 Å². The minimum absolute atomic E-state index is 0.101. The topological polar surface area (TPSA) is 56.7 Å². The highest BCUT2D eigenvalue weighted by atomic mass is 16.6. The summed E-state index contributed by atoms with van der Waals surface area (Å²) in [7, 11) is 0. The molecule has 0 N–H and O–H groups in total. The van der Waals surface area contributed by atoms with E-state index in [9.17, 15) is 4.79 Å². The fraction of sp³-hybridized carbons (Fsp3) is 0.385. The average molecular weight is 246 g/mol.